The summed E-state index contributed by atoms with van der Waals surface area (Å²) in [5.41, 5.74) is 1.70. The number of carbonyl (C=O) groups excluding carboxylic acids is 2. The number of nitrogens with zero attached hydrogens (tertiary/aromatic N) is 1. The molecule has 0 bridgehead atoms. The van der Waals surface area contributed by atoms with Crippen LogP contribution < -0.4 is 10.6 Å². The Balaban J connectivity index is 1.49. The predicted molar refractivity (Wildman–Crippen MR) is 108 cm³/mol. The number of carbonyl (C=O) groups is 2. The van der Waals surface area contributed by atoms with Gasteiger partial charge in [-0.15, -0.1) is 0 Å². The summed E-state index contributed by atoms with van der Waals surface area (Å²) < 4.78 is 0. The van der Waals surface area contributed by atoms with Crippen LogP contribution in [0.25, 0.3) is 0 Å². The molecule has 0 unspecified atom stereocenters. The number of amides is 3. The molecular weight excluding hydrogens is 362 g/mol. The van der Waals surface area contributed by atoms with E-state index in [0.717, 1.165) is 11.3 Å². The lowest BCUT2D eigenvalue weighted by Crippen LogP contribution is -2.46. The Kier molecular flexibility index (Phi) is 6.35. The van der Waals surface area contributed by atoms with E-state index in [1.165, 1.54) is 0 Å². The van der Waals surface area contributed by atoms with Crippen LogP contribution in [0, 0.1) is 5.92 Å². The lowest BCUT2D eigenvalue weighted by atomic mass is 9.96. The molecule has 2 aromatic carbocycles. The number of halogens is 1. The first-order valence-corrected chi connectivity index (χ1v) is 9.58. The number of nitrogens with one attached hydrogen (secondary N) is 2. The molecule has 2 aromatic rings. The second-order valence-electron chi connectivity index (χ2n) is 6.81. The first-order chi connectivity index (χ1) is 13.0. The van der Waals surface area contributed by atoms with Crippen molar-refractivity contribution in [3.8, 4) is 0 Å². The van der Waals surface area contributed by atoms with Gasteiger partial charge < -0.3 is 15.5 Å². The second kappa shape index (κ2) is 8.91. The number of rotatable bonds is 4. The third-order valence-corrected chi connectivity index (χ3v) is 5.25. The molecule has 3 rings (SSSR count). The Bertz CT molecular complexity index is 789. The monoisotopic (exact) mass is 385 g/mol. The summed E-state index contributed by atoms with van der Waals surface area (Å²) >= 11 is 6.20. The van der Waals surface area contributed by atoms with Gasteiger partial charge in [0.25, 0.3) is 0 Å². The summed E-state index contributed by atoms with van der Waals surface area (Å²) in [5.74, 6) is -0.0547. The molecule has 142 valence electrons. The maximum atomic E-state index is 12.5. The van der Waals surface area contributed by atoms with Gasteiger partial charge in [0.15, 0.2) is 0 Å². The molecule has 1 heterocycles. The number of urea groups is 1. The zero-order valence-electron chi connectivity index (χ0n) is 15.3. The Morgan fingerprint density at radius 1 is 1.04 bits per heavy atom. The fraction of sp³-hybridized carbons (Fsp3) is 0.333. The van der Waals surface area contributed by atoms with Crippen LogP contribution in [0.1, 0.15) is 31.4 Å². The number of para-hydroxylation sites is 1. The number of benzene rings is 2. The highest BCUT2D eigenvalue weighted by atomic mass is 35.5. The summed E-state index contributed by atoms with van der Waals surface area (Å²) in [6.45, 7) is 3.04. The SMILES string of the molecule is C[C@@H](NC(=O)N1CCC(C(=O)Nc2ccccc2)CC1)c1ccccc1Cl. The van der Waals surface area contributed by atoms with Crippen LogP contribution >= 0.6 is 11.6 Å². The van der Waals surface area contributed by atoms with Crippen molar-refractivity contribution in [2.24, 2.45) is 5.92 Å². The lowest BCUT2D eigenvalue weighted by Gasteiger charge is -2.32. The average Bonchev–Trinajstić information content (AvgIpc) is 2.69. The first kappa shape index (κ1) is 19.2. The highest BCUT2D eigenvalue weighted by Gasteiger charge is 2.28. The molecule has 2 N–H and O–H groups in total. The predicted octanol–water partition coefficient (Wildman–Crippen LogP) is 4.46. The van der Waals surface area contributed by atoms with E-state index >= 15 is 0 Å². The van der Waals surface area contributed by atoms with Crippen molar-refractivity contribution in [3.05, 3.63) is 65.2 Å². The normalized spacial score (nSPS) is 15.9. The van der Waals surface area contributed by atoms with Crippen LogP contribution in [-0.4, -0.2) is 29.9 Å². The molecule has 0 aromatic heterocycles. The molecule has 6 heteroatoms. The first-order valence-electron chi connectivity index (χ1n) is 9.20. The molecule has 1 saturated heterocycles. The average molecular weight is 386 g/mol. The summed E-state index contributed by atoms with van der Waals surface area (Å²) in [6, 6.07) is 16.6. The van der Waals surface area contributed by atoms with Crippen molar-refractivity contribution in [2.75, 3.05) is 18.4 Å². The molecule has 1 fully saturated rings. The maximum absolute atomic E-state index is 12.5. The summed E-state index contributed by atoms with van der Waals surface area (Å²) in [6.07, 6.45) is 1.32. The van der Waals surface area contributed by atoms with Gasteiger partial charge in [-0.05, 0) is 43.5 Å². The van der Waals surface area contributed by atoms with E-state index in [1.807, 2.05) is 61.5 Å². The topological polar surface area (TPSA) is 61.4 Å². The molecule has 0 saturated carbocycles. The van der Waals surface area contributed by atoms with E-state index in [2.05, 4.69) is 10.6 Å². The van der Waals surface area contributed by atoms with Gasteiger partial charge in [0.1, 0.15) is 0 Å². The van der Waals surface area contributed by atoms with Gasteiger partial charge in [-0.2, -0.15) is 0 Å². The fourth-order valence-corrected chi connectivity index (χ4v) is 3.59. The quantitative estimate of drug-likeness (QED) is 0.816. The largest absolute Gasteiger partial charge is 0.331 e. The van der Waals surface area contributed by atoms with Gasteiger partial charge in [0, 0.05) is 29.7 Å². The Morgan fingerprint density at radius 2 is 1.67 bits per heavy atom. The van der Waals surface area contributed by atoms with Crippen molar-refractivity contribution < 1.29 is 9.59 Å². The molecule has 0 aliphatic carbocycles. The highest BCUT2D eigenvalue weighted by molar-refractivity contribution is 6.31. The standard InChI is InChI=1S/C21H24ClN3O2/c1-15(18-9-5-6-10-19(18)22)23-21(27)25-13-11-16(12-14-25)20(26)24-17-7-3-2-4-8-17/h2-10,15-16H,11-14H2,1H3,(H,23,27)(H,24,26)/t15-/m1/s1. The molecule has 5 nitrogen and oxygen atoms in total. The Morgan fingerprint density at radius 3 is 2.33 bits per heavy atom. The third kappa shape index (κ3) is 5.01. The number of piperidine rings is 1. The minimum absolute atomic E-state index is 0.0192. The molecule has 1 aliphatic heterocycles. The van der Waals surface area contributed by atoms with E-state index in [9.17, 15) is 9.59 Å². The summed E-state index contributed by atoms with van der Waals surface area (Å²) in [4.78, 5) is 26.7. The minimum Gasteiger partial charge on any atom is -0.331 e. The van der Waals surface area contributed by atoms with E-state index in [-0.39, 0.29) is 23.9 Å². The fourth-order valence-electron chi connectivity index (χ4n) is 3.29. The van der Waals surface area contributed by atoms with Gasteiger partial charge in [-0.25, -0.2) is 4.79 Å². The van der Waals surface area contributed by atoms with E-state index in [1.54, 1.807) is 4.90 Å². The number of likely N-dealkylation sites (tertiary alicyclic amines) is 1. The Labute approximate surface area is 164 Å². The summed E-state index contributed by atoms with van der Waals surface area (Å²) in [5, 5.41) is 6.58. The molecule has 0 radical (unpaired) electrons. The molecular formula is C21H24ClN3O2. The van der Waals surface area contributed by atoms with E-state index < -0.39 is 0 Å². The van der Waals surface area contributed by atoms with Gasteiger partial charge in [-0.1, -0.05) is 48.0 Å². The van der Waals surface area contributed by atoms with Crippen molar-refractivity contribution in [1.29, 1.82) is 0 Å². The van der Waals surface area contributed by atoms with Crippen molar-refractivity contribution in [3.63, 3.8) is 0 Å². The van der Waals surface area contributed by atoms with Crippen LogP contribution in [0.4, 0.5) is 10.5 Å². The van der Waals surface area contributed by atoms with Crippen LogP contribution in [0.2, 0.25) is 5.02 Å². The second-order valence-corrected chi connectivity index (χ2v) is 7.22. The third-order valence-electron chi connectivity index (χ3n) is 4.91. The number of hydrogen-bond acceptors (Lipinski definition) is 2. The van der Waals surface area contributed by atoms with Crippen molar-refractivity contribution >= 4 is 29.2 Å². The smallest absolute Gasteiger partial charge is 0.317 e. The van der Waals surface area contributed by atoms with Crippen LogP contribution in [0.15, 0.2) is 54.6 Å². The summed E-state index contributed by atoms with van der Waals surface area (Å²) in [7, 11) is 0. The lowest BCUT2D eigenvalue weighted by molar-refractivity contribution is -0.121. The van der Waals surface area contributed by atoms with Gasteiger partial charge in [0.05, 0.1) is 6.04 Å². The zero-order chi connectivity index (χ0) is 19.2. The van der Waals surface area contributed by atoms with Crippen LogP contribution in [-0.2, 0) is 4.79 Å². The molecule has 0 spiro atoms. The molecule has 27 heavy (non-hydrogen) atoms. The number of anilines is 1. The minimum atomic E-state index is -0.176. The van der Waals surface area contributed by atoms with Crippen LogP contribution in [0.3, 0.4) is 0 Å². The van der Waals surface area contributed by atoms with Crippen molar-refractivity contribution in [1.82, 2.24) is 10.2 Å². The molecule has 3 amide bonds. The Hall–Kier alpha value is -2.53. The maximum Gasteiger partial charge on any atom is 0.317 e. The zero-order valence-corrected chi connectivity index (χ0v) is 16.1. The van der Waals surface area contributed by atoms with Crippen LogP contribution in [0.5, 0.6) is 0 Å². The van der Waals surface area contributed by atoms with Gasteiger partial charge >= 0.3 is 6.03 Å². The van der Waals surface area contributed by atoms with Gasteiger partial charge in [0.2, 0.25) is 5.91 Å². The number of hydrogen-bond donors (Lipinski definition) is 2. The van der Waals surface area contributed by atoms with E-state index in [4.69, 9.17) is 11.6 Å². The highest BCUT2D eigenvalue weighted by Crippen LogP contribution is 2.23. The van der Waals surface area contributed by atoms with Crippen molar-refractivity contribution in [2.45, 2.75) is 25.8 Å². The van der Waals surface area contributed by atoms with E-state index in [0.29, 0.717) is 31.0 Å². The van der Waals surface area contributed by atoms with Gasteiger partial charge in [-0.3, -0.25) is 4.79 Å². The molecule has 1 atom stereocenters. The molecule has 1 aliphatic rings.